The molecule has 1 rings (SSSR count). The molecule has 0 radical (unpaired) electrons. The molecule has 0 bridgehead atoms. The van der Waals surface area contributed by atoms with Gasteiger partial charge in [-0.05, 0) is 36.4 Å². The monoisotopic (exact) mass is 323 g/mol. The molecular formula is C12H9ClF3NO2S. The number of hydrogen-bond donors (Lipinski definition) is 0. The summed E-state index contributed by atoms with van der Waals surface area (Å²) in [6.45, 7) is 1.60. The largest absolute Gasteiger partial charge is 0.462 e. The molecule has 0 aliphatic heterocycles. The normalized spacial score (nSPS) is 11.0. The quantitative estimate of drug-likeness (QED) is 0.476. The molecule has 0 heterocycles. The molecule has 20 heavy (non-hydrogen) atoms. The van der Waals surface area contributed by atoms with E-state index in [0.29, 0.717) is 0 Å². The fourth-order valence-electron chi connectivity index (χ4n) is 1.51. The maximum Gasteiger partial charge on any atom is 0.446 e. The summed E-state index contributed by atoms with van der Waals surface area (Å²) in [4.78, 5) is 11.6. The van der Waals surface area contributed by atoms with Crippen molar-refractivity contribution in [2.45, 2.75) is 23.2 Å². The Morgan fingerprint density at radius 3 is 2.60 bits per heavy atom. The first-order valence-electron chi connectivity index (χ1n) is 5.38. The lowest BCUT2D eigenvalue weighted by Gasteiger charge is -2.14. The van der Waals surface area contributed by atoms with E-state index in [-0.39, 0.29) is 45.8 Å². The summed E-state index contributed by atoms with van der Waals surface area (Å²) in [6.07, 6.45) is 0. The summed E-state index contributed by atoms with van der Waals surface area (Å²) in [7, 11) is 0. The first kappa shape index (κ1) is 16.7. The van der Waals surface area contributed by atoms with Crippen molar-refractivity contribution in [3.8, 4) is 6.07 Å². The Balaban J connectivity index is 3.41. The van der Waals surface area contributed by atoms with Gasteiger partial charge in [0.1, 0.15) is 6.07 Å². The number of nitrogens with zero attached hydrogens (tertiary/aromatic N) is 1. The lowest BCUT2D eigenvalue weighted by atomic mass is 10.0. The van der Waals surface area contributed by atoms with Gasteiger partial charge in [0.25, 0.3) is 0 Å². The summed E-state index contributed by atoms with van der Waals surface area (Å²) in [5.74, 6) is -1.19. The highest BCUT2D eigenvalue weighted by atomic mass is 35.5. The number of esters is 1. The second-order valence-corrected chi connectivity index (χ2v) is 4.85. The summed E-state index contributed by atoms with van der Waals surface area (Å²) in [5.41, 5.74) is -4.84. The van der Waals surface area contributed by atoms with Crippen molar-refractivity contribution in [2.24, 2.45) is 0 Å². The Hall–Kier alpha value is -1.39. The number of benzene rings is 1. The van der Waals surface area contributed by atoms with Gasteiger partial charge in [0.15, 0.2) is 0 Å². The minimum atomic E-state index is -4.51. The molecule has 0 aliphatic carbocycles. The van der Waals surface area contributed by atoms with Crippen molar-refractivity contribution in [1.82, 2.24) is 0 Å². The number of carbonyl (C=O) groups is 1. The van der Waals surface area contributed by atoms with Crippen LogP contribution < -0.4 is 0 Å². The van der Waals surface area contributed by atoms with Crippen LogP contribution in [0.3, 0.4) is 0 Å². The van der Waals surface area contributed by atoms with E-state index in [9.17, 15) is 18.0 Å². The smallest absolute Gasteiger partial charge is 0.446 e. The molecule has 0 atom stereocenters. The van der Waals surface area contributed by atoms with Gasteiger partial charge in [-0.15, -0.1) is 11.6 Å². The van der Waals surface area contributed by atoms with Gasteiger partial charge in [-0.25, -0.2) is 4.79 Å². The third kappa shape index (κ3) is 4.05. The Labute approximate surface area is 122 Å². The predicted molar refractivity (Wildman–Crippen MR) is 68.6 cm³/mol. The van der Waals surface area contributed by atoms with E-state index in [1.165, 1.54) is 0 Å². The average Bonchev–Trinajstić information content (AvgIpc) is 2.36. The van der Waals surface area contributed by atoms with Crippen molar-refractivity contribution >= 4 is 29.3 Å². The second kappa shape index (κ2) is 6.86. The van der Waals surface area contributed by atoms with Crippen molar-refractivity contribution < 1.29 is 22.7 Å². The number of ether oxygens (including phenoxy) is 1. The van der Waals surface area contributed by atoms with Gasteiger partial charge in [-0.2, -0.15) is 18.4 Å². The Bertz CT molecular complexity index is 555. The lowest BCUT2D eigenvalue weighted by Crippen LogP contribution is -2.12. The summed E-state index contributed by atoms with van der Waals surface area (Å²) >= 11 is 5.26. The van der Waals surface area contributed by atoms with E-state index in [4.69, 9.17) is 21.6 Å². The molecule has 0 amide bonds. The molecule has 0 aliphatic rings. The van der Waals surface area contributed by atoms with Crippen molar-refractivity contribution in [1.29, 1.82) is 5.26 Å². The second-order valence-electron chi connectivity index (χ2n) is 3.48. The predicted octanol–water partition coefficient (Wildman–Crippen LogP) is 4.09. The van der Waals surface area contributed by atoms with Crippen LogP contribution in [-0.4, -0.2) is 18.1 Å². The molecule has 0 unspecified atom stereocenters. The van der Waals surface area contributed by atoms with E-state index in [0.717, 1.165) is 12.1 Å². The van der Waals surface area contributed by atoms with Crippen molar-refractivity contribution in [3.05, 3.63) is 28.8 Å². The standard InChI is InChI=1S/C12H9ClF3NO2S/c1-2-19-11(18)10-7(6-17)3-4-9(8(10)5-13)20-12(14,15)16/h3-4H,2,5H2,1H3. The Kier molecular flexibility index (Phi) is 5.72. The number of alkyl halides is 4. The first-order chi connectivity index (χ1) is 9.34. The third-order valence-corrected chi connectivity index (χ3v) is 3.33. The topological polar surface area (TPSA) is 50.1 Å². The summed E-state index contributed by atoms with van der Waals surface area (Å²) in [5, 5.41) is 8.95. The van der Waals surface area contributed by atoms with Gasteiger partial charge in [0.2, 0.25) is 0 Å². The third-order valence-electron chi connectivity index (χ3n) is 2.23. The fraction of sp³-hybridized carbons (Fsp3) is 0.333. The SMILES string of the molecule is CCOC(=O)c1c(C#N)ccc(SC(F)(F)F)c1CCl. The van der Waals surface area contributed by atoms with Crippen LogP contribution >= 0.6 is 23.4 Å². The fourth-order valence-corrected chi connectivity index (χ4v) is 2.55. The number of carbonyl (C=O) groups excluding carboxylic acids is 1. The molecule has 1 aromatic rings. The Morgan fingerprint density at radius 2 is 2.15 bits per heavy atom. The average molecular weight is 324 g/mol. The molecule has 0 saturated carbocycles. The van der Waals surface area contributed by atoms with E-state index in [1.807, 2.05) is 0 Å². The van der Waals surface area contributed by atoms with Crippen LogP contribution in [0.1, 0.15) is 28.4 Å². The van der Waals surface area contributed by atoms with Crippen LogP contribution in [0, 0.1) is 11.3 Å². The van der Waals surface area contributed by atoms with Crippen LogP contribution in [0.2, 0.25) is 0 Å². The minimum Gasteiger partial charge on any atom is -0.462 e. The van der Waals surface area contributed by atoms with Crippen LogP contribution in [0.15, 0.2) is 17.0 Å². The maximum absolute atomic E-state index is 12.5. The van der Waals surface area contributed by atoms with Crippen LogP contribution in [0.5, 0.6) is 0 Å². The van der Waals surface area contributed by atoms with Gasteiger partial charge >= 0.3 is 11.5 Å². The molecule has 0 spiro atoms. The highest BCUT2D eigenvalue weighted by Gasteiger charge is 2.32. The number of hydrogen-bond acceptors (Lipinski definition) is 4. The molecule has 0 saturated heterocycles. The summed E-state index contributed by atoms with van der Waals surface area (Å²) in [6, 6.07) is 4.02. The van der Waals surface area contributed by atoms with Gasteiger partial charge in [0.05, 0.1) is 17.7 Å². The van der Waals surface area contributed by atoms with E-state index in [2.05, 4.69) is 0 Å². The van der Waals surface area contributed by atoms with Crippen molar-refractivity contribution in [3.63, 3.8) is 0 Å². The molecule has 3 nitrogen and oxygen atoms in total. The molecule has 108 valence electrons. The van der Waals surface area contributed by atoms with Gasteiger partial charge < -0.3 is 4.74 Å². The zero-order valence-corrected chi connectivity index (χ0v) is 11.8. The van der Waals surface area contributed by atoms with Crippen LogP contribution in [0.25, 0.3) is 0 Å². The Morgan fingerprint density at radius 1 is 1.50 bits per heavy atom. The zero-order valence-electron chi connectivity index (χ0n) is 10.3. The summed E-state index contributed by atoms with van der Waals surface area (Å²) < 4.78 is 42.1. The van der Waals surface area contributed by atoms with E-state index < -0.39 is 11.5 Å². The maximum atomic E-state index is 12.5. The minimum absolute atomic E-state index is 0.0437. The molecule has 1 aromatic carbocycles. The number of thioether (sulfide) groups is 1. The highest BCUT2D eigenvalue weighted by molar-refractivity contribution is 8.00. The number of nitriles is 1. The van der Waals surface area contributed by atoms with Crippen molar-refractivity contribution in [2.75, 3.05) is 6.61 Å². The molecular weight excluding hydrogens is 315 g/mol. The van der Waals surface area contributed by atoms with E-state index in [1.54, 1.807) is 13.0 Å². The molecule has 0 aromatic heterocycles. The van der Waals surface area contributed by atoms with Gasteiger partial charge in [0, 0.05) is 10.8 Å². The molecule has 0 fully saturated rings. The molecule has 0 N–H and O–H groups in total. The molecule has 8 heteroatoms. The number of halogens is 4. The lowest BCUT2D eigenvalue weighted by molar-refractivity contribution is -0.0328. The first-order valence-corrected chi connectivity index (χ1v) is 6.74. The van der Waals surface area contributed by atoms with Crippen LogP contribution in [0.4, 0.5) is 13.2 Å². The van der Waals surface area contributed by atoms with Gasteiger partial charge in [-0.3, -0.25) is 0 Å². The van der Waals surface area contributed by atoms with Crippen LogP contribution in [-0.2, 0) is 10.6 Å². The van der Waals surface area contributed by atoms with Gasteiger partial charge in [-0.1, -0.05) is 0 Å². The number of rotatable bonds is 4. The highest BCUT2D eigenvalue weighted by Crippen LogP contribution is 2.40. The zero-order chi connectivity index (χ0) is 15.3. The van der Waals surface area contributed by atoms with E-state index >= 15 is 0 Å².